The van der Waals surface area contributed by atoms with Crippen LogP contribution in [0.5, 0.6) is 5.75 Å². The second-order valence-corrected chi connectivity index (χ2v) is 6.28. The van der Waals surface area contributed by atoms with Gasteiger partial charge in [-0.3, -0.25) is 9.59 Å². The number of H-pyrrole nitrogens is 1. The summed E-state index contributed by atoms with van der Waals surface area (Å²) in [6, 6.07) is 10.9. The van der Waals surface area contributed by atoms with Crippen LogP contribution in [-0.4, -0.2) is 35.5 Å². The van der Waals surface area contributed by atoms with Gasteiger partial charge in [-0.2, -0.15) is 0 Å². The molecule has 1 aliphatic heterocycles. The minimum absolute atomic E-state index is 0.0353. The van der Waals surface area contributed by atoms with Crippen LogP contribution in [0.4, 0.5) is 0 Å². The summed E-state index contributed by atoms with van der Waals surface area (Å²) in [7, 11) is 0. The number of rotatable bonds is 4. The molecule has 1 N–H and O–H groups in total. The Morgan fingerprint density at radius 1 is 1.29 bits per heavy atom. The third-order valence-electron chi connectivity index (χ3n) is 4.41. The molecule has 2 heterocycles. The van der Waals surface area contributed by atoms with Crippen molar-refractivity contribution in [1.29, 1.82) is 0 Å². The van der Waals surface area contributed by atoms with E-state index in [-0.39, 0.29) is 11.5 Å². The SMILES string of the molecule is Cc1ccccc1OC[C@H]1CCCN(C(=O)c2ccc(=O)[nH]c2)C1. The molecule has 1 atom stereocenters. The number of aromatic amines is 1. The van der Waals surface area contributed by atoms with Crippen molar-refractivity contribution in [3.63, 3.8) is 0 Å². The third kappa shape index (κ3) is 3.85. The van der Waals surface area contributed by atoms with Crippen molar-refractivity contribution in [2.45, 2.75) is 19.8 Å². The van der Waals surface area contributed by atoms with Crippen LogP contribution in [-0.2, 0) is 0 Å². The lowest BCUT2D eigenvalue weighted by atomic mass is 9.98. The number of carbonyl (C=O) groups excluding carboxylic acids is 1. The Kier molecular flexibility index (Phi) is 4.99. The molecule has 0 aliphatic carbocycles. The normalized spacial score (nSPS) is 17.5. The van der Waals surface area contributed by atoms with Crippen molar-refractivity contribution in [2.24, 2.45) is 5.92 Å². The lowest BCUT2D eigenvalue weighted by Crippen LogP contribution is -2.41. The molecule has 1 fully saturated rings. The van der Waals surface area contributed by atoms with E-state index in [9.17, 15) is 9.59 Å². The molecule has 3 rings (SSSR count). The van der Waals surface area contributed by atoms with E-state index in [1.807, 2.05) is 36.1 Å². The second kappa shape index (κ2) is 7.34. The maximum absolute atomic E-state index is 12.5. The van der Waals surface area contributed by atoms with Gasteiger partial charge in [0.1, 0.15) is 5.75 Å². The molecular weight excluding hydrogens is 304 g/mol. The number of likely N-dealkylation sites (tertiary alicyclic amines) is 1. The highest BCUT2D eigenvalue weighted by atomic mass is 16.5. The van der Waals surface area contributed by atoms with Gasteiger partial charge in [-0.05, 0) is 37.5 Å². The molecule has 1 aromatic carbocycles. The quantitative estimate of drug-likeness (QED) is 0.939. The summed E-state index contributed by atoms with van der Waals surface area (Å²) in [6.45, 7) is 4.07. The van der Waals surface area contributed by atoms with Crippen LogP contribution >= 0.6 is 0 Å². The van der Waals surface area contributed by atoms with Gasteiger partial charge in [-0.25, -0.2) is 0 Å². The summed E-state index contributed by atoms with van der Waals surface area (Å²) >= 11 is 0. The van der Waals surface area contributed by atoms with Gasteiger partial charge >= 0.3 is 0 Å². The van der Waals surface area contributed by atoms with Crippen molar-refractivity contribution >= 4 is 5.91 Å². The van der Waals surface area contributed by atoms with E-state index < -0.39 is 0 Å². The van der Waals surface area contributed by atoms with Crippen molar-refractivity contribution < 1.29 is 9.53 Å². The summed E-state index contributed by atoms with van der Waals surface area (Å²) in [5, 5.41) is 0. The van der Waals surface area contributed by atoms with Crippen molar-refractivity contribution in [2.75, 3.05) is 19.7 Å². The average molecular weight is 326 g/mol. The second-order valence-electron chi connectivity index (χ2n) is 6.28. The Bertz CT molecular complexity index is 749. The molecular formula is C19H22N2O3. The maximum Gasteiger partial charge on any atom is 0.255 e. The summed E-state index contributed by atoms with van der Waals surface area (Å²) in [5.74, 6) is 1.19. The lowest BCUT2D eigenvalue weighted by Gasteiger charge is -2.32. The Morgan fingerprint density at radius 2 is 2.12 bits per heavy atom. The monoisotopic (exact) mass is 326 g/mol. The Morgan fingerprint density at radius 3 is 2.88 bits per heavy atom. The van der Waals surface area contributed by atoms with Crippen molar-refractivity contribution in [1.82, 2.24) is 9.88 Å². The van der Waals surface area contributed by atoms with Gasteiger partial charge in [-0.1, -0.05) is 18.2 Å². The first-order valence-electron chi connectivity index (χ1n) is 8.30. The molecule has 1 aliphatic rings. The van der Waals surface area contributed by atoms with E-state index in [1.54, 1.807) is 6.07 Å². The first-order chi connectivity index (χ1) is 11.6. The molecule has 1 saturated heterocycles. The fraction of sp³-hybridized carbons (Fsp3) is 0.368. The molecule has 5 heteroatoms. The molecule has 0 saturated carbocycles. The maximum atomic E-state index is 12.5. The molecule has 0 radical (unpaired) electrons. The number of amides is 1. The van der Waals surface area contributed by atoms with Gasteiger partial charge in [0.15, 0.2) is 0 Å². The molecule has 0 unspecified atom stereocenters. The lowest BCUT2D eigenvalue weighted by molar-refractivity contribution is 0.0632. The predicted molar refractivity (Wildman–Crippen MR) is 92.4 cm³/mol. The number of piperidine rings is 1. The van der Waals surface area contributed by atoms with Gasteiger partial charge in [-0.15, -0.1) is 0 Å². The number of nitrogens with zero attached hydrogens (tertiary/aromatic N) is 1. The number of nitrogens with one attached hydrogen (secondary N) is 1. The van der Waals surface area contributed by atoms with Gasteiger partial charge in [0, 0.05) is 31.3 Å². The molecule has 0 bridgehead atoms. The van der Waals surface area contributed by atoms with Crippen LogP contribution in [0.1, 0.15) is 28.8 Å². The molecule has 1 amide bonds. The number of ether oxygens (including phenoxy) is 1. The van der Waals surface area contributed by atoms with E-state index in [4.69, 9.17) is 4.74 Å². The van der Waals surface area contributed by atoms with Crippen LogP contribution in [0.15, 0.2) is 47.4 Å². The number of aromatic nitrogens is 1. The number of para-hydroxylation sites is 1. The Balaban J connectivity index is 1.60. The molecule has 126 valence electrons. The molecule has 2 aromatic rings. The van der Waals surface area contributed by atoms with Gasteiger partial charge in [0.2, 0.25) is 5.56 Å². The summed E-state index contributed by atoms with van der Waals surface area (Å²) in [4.78, 5) is 28.1. The minimum Gasteiger partial charge on any atom is -0.493 e. The number of aryl methyl sites for hydroxylation is 1. The highest BCUT2D eigenvalue weighted by Gasteiger charge is 2.25. The molecule has 0 spiro atoms. The van der Waals surface area contributed by atoms with Crippen LogP contribution in [0.2, 0.25) is 0 Å². The van der Waals surface area contributed by atoms with E-state index in [0.717, 1.165) is 30.7 Å². The first-order valence-corrected chi connectivity index (χ1v) is 8.30. The average Bonchev–Trinajstić information content (AvgIpc) is 2.61. The van der Waals surface area contributed by atoms with Gasteiger partial charge < -0.3 is 14.6 Å². The summed E-state index contributed by atoms with van der Waals surface area (Å²) in [5.41, 5.74) is 1.44. The van der Waals surface area contributed by atoms with E-state index in [1.165, 1.54) is 12.3 Å². The van der Waals surface area contributed by atoms with Gasteiger partial charge in [0.25, 0.3) is 5.91 Å². The van der Waals surface area contributed by atoms with E-state index >= 15 is 0 Å². The number of pyridine rings is 1. The van der Waals surface area contributed by atoms with Crippen LogP contribution in [0, 0.1) is 12.8 Å². The van der Waals surface area contributed by atoms with Crippen LogP contribution in [0.25, 0.3) is 0 Å². The Hall–Kier alpha value is -2.56. The largest absolute Gasteiger partial charge is 0.493 e. The Labute approximate surface area is 141 Å². The zero-order chi connectivity index (χ0) is 16.9. The molecule has 5 nitrogen and oxygen atoms in total. The van der Waals surface area contributed by atoms with Crippen LogP contribution in [0.3, 0.4) is 0 Å². The van der Waals surface area contributed by atoms with E-state index in [0.29, 0.717) is 24.6 Å². The van der Waals surface area contributed by atoms with Crippen LogP contribution < -0.4 is 10.3 Å². The van der Waals surface area contributed by atoms with Gasteiger partial charge in [0.05, 0.1) is 12.2 Å². The van der Waals surface area contributed by atoms with Crippen molar-refractivity contribution in [3.8, 4) is 5.75 Å². The van der Waals surface area contributed by atoms with Crippen molar-refractivity contribution in [3.05, 3.63) is 64.1 Å². The zero-order valence-electron chi connectivity index (χ0n) is 13.8. The molecule has 1 aromatic heterocycles. The number of carbonyl (C=O) groups is 1. The fourth-order valence-corrected chi connectivity index (χ4v) is 3.04. The standard InChI is InChI=1S/C19H22N2O3/c1-14-5-2-3-7-17(14)24-13-15-6-4-10-21(12-15)19(23)16-8-9-18(22)20-11-16/h2-3,5,7-9,11,15H,4,6,10,12-13H2,1H3,(H,20,22)/t15-/m0/s1. The topological polar surface area (TPSA) is 62.4 Å². The third-order valence-corrected chi connectivity index (χ3v) is 4.41. The summed E-state index contributed by atoms with van der Waals surface area (Å²) < 4.78 is 5.94. The summed E-state index contributed by atoms with van der Waals surface area (Å²) in [6.07, 6.45) is 3.51. The number of benzene rings is 1. The zero-order valence-corrected chi connectivity index (χ0v) is 13.8. The smallest absolute Gasteiger partial charge is 0.255 e. The minimum atomic E-state index is -0.199. The highest BCUT2D eigenvalue weighted by Crippen LogP contribution is 2.22. The number of hydrogen-bond donors (Lipinski definition) is 1. The number of hydrogen-bond acceptors (Lipinski definition) is 3. The predicted octanol–water partition coefficient (Wildman–Crippen LogP) is 2.61. The highest BCUT2D eigenvalue weighted by molar-refractivity contribution is 5.93. The molecule has 24 heavy (non-hydrogen) atoms. The van der Waals surface area contributed by atoms with E-state index in [2.05, 4.69) is 4.98 Å². The first kappa shape index (κ1) is 16.3. The fourth-order valence-electron chi connectivity index (χ4n) is 3.04.